The van der Waals surface area contributed by atoms with Crippen LogP contribution in [-0.4, -0.2) is 17.5 Å². The molecule has 0 aromatic heterocycles. The summed E-state index contributed by atoms with van der Waals surface area (Å²) in [4.78, 5) is 14.9. The minimum atomic E-state index is -0.709. The molecule has 0 bridgehead atoms. The van der Waals surface area contributed by atoms with Crippen molar-refractivity contribution in [3.05, 3.63) is 108 Å². The third-order valence-electron chi connectivity index (χ3n) is 6.35. The van der Waals surface area contributed by atoms with Crippen LogP contribution in [0, 0.1) is 11.6 Å². The van der Waals surface area contributed by atoms with Crippen molar-refractivity contribution in [2.45, 2.75) is 37.8 Å². The van der Waals surface area contributed by atoms with Gasteiger partial charge in [-0.3, -0.25) is 0 Å². The summed E-state index contributed by atoms with van der Waals surface area (Å²) in [5.74, 6) is -1.21. The van der Waals surface area contributed by atoms with Crippen molar-refractivity contribution >= 4 is 6.09 Å². The molecule has 0 N–H and O–H groups in total. The number of ether oxygens (including phenoxy) is 1. The SMILES string of the molecule is C=CCC1(c2ccccc2)CCN([C@@H](CC)c2ccc(-c3ccc(F)cc3F)cc2)C(=O)O1. The molecule has 1 fully saturated rings. The highest BCUT2D eigenvalue weighted by molar-refractivity contribution is 5.70. The Morgan fingerprint density at radius 1 is 1.09 bits per heavy atom. The number of amides is 1. The number of halogens is 2. The minimum absolute atomic E-state index is 0.165. The van der Waals surface area contributed by atoms with Crippen LogP contribution in [-0.2, 0) is 10.3 Å². The van der Waals surface area contributed by atoms with Crippen molar-refractivity contribution in [1.29, 1.82) is 0 Å². The molecule has 1 saturated heterocycles. The molecule has 5 heteroatoms. The molecule has 1 amide bonds. The Morgan fingerprint density at radius 2 is 1.82 bits per heavy atom. The van der Waals surface area contributed by atoms with Crippen molar-refractivity contribution in [3.63, 3.8) is 0 Å². The molecule has 2 atom stereocenters. The van der Waals surface area contributed by atoms with Gasteiger partial charge in [-0.1, -0.05) is 67.6 Å². The van der Waals surface area contributed by atoms with Crippen LogP contribution in [0.15, 0.2) is 85.5 Å². The van der Waals surface area contributed by atoms with Gasteiger partial charge in [-0.2, -0.15) is 0 Å². The topological polar surface area (TPSA) is 29.5 Å². The lowest BCUT2D eigenvalue weighted by molar-refractivity contribution is -0.0607. The summed E-state index contributed by atoms with van der Waals surface area (Å²) in [6.45, 7) is 6.43. The number of carbonyl (C=O) groups excluding carboxylic acids is 1. The number of hydrogen-bond acceptors (Lipinski definition) is 2. The average Bonchev–Trinajstić information content (AvgIpc) is 2.82. The van der Waals surface area contributed by atoms with Gasteiger partial charge in [0.05, 0.1) is 6.04 Å². The zero-order valence-electron chi connectivity index (χ0n) is 18.6. The summed E-state index contributed by atoms with van der Waals surface area (Å²) in [5, 5.41) is 0. The summed E-state index contributed by atoms with van der Waals surface area (Å²) < 4.78 is 33.5. The van der Waals surface area contributed by atoms with Gasteiger partial charge in [-0.25, -0.2) is 13.6 Å². The van der Waals surface area contributed by atoms with Gasteiger partial charge in [0.1, 0.15) is 17.2 Å². The first kappa shape index (κ1) is 22.7. The zero-order valence-corrected chi connectivity index (χ0v) is 18.6. The highest BCUT2D eigenvalue weighted by Gasteiger charge is 2.43. The summed E-state index contributed by atoms with van der Waals surface area (Å²) in [5.41, 5.74) is 2.19. The van der Waals surface area contributed by atoms with Gasteiger partial charge < -0.3 is 9.64 Å². The molecule has 0 aliphatic carbocycles. The fourth-order valence-corrected chi connectivity index (χ4v) is 4.64. The molecular weight excluding hydrogens is 420 g/mol. The molecule has 3 nitrogen and oxygen atoms in total. The van der Waals surface area contributed by atoms with Crippen LogP contribution in [0.25, 0.3) is 11.1 Å². The molecule has 1 heterocycles. The Kier molecular flexibility index (Phi) is 6.59. The third kappa shape index (κ3) is 4.54. The van der Waals surface area contributed by atoms with E-state index in [1.54, 1.807) is 23.1 Å². The van der Waals surface area contributed by atoms with E-state index in [1.807, 2.05) is 49.4 Å². The van der Waals surface area contributed by atoms with Crippen molar-refractivity contribution in [2.24, 2.45) is 0 Å². The van der Waals surface area contributed by atoms with Gasteiger partial charge in [0.25, 0.3) is 0 Å². The lowest BCUT2D eigenvalue weighted by atomic mass is 9.85. The van der Waals surface area contributed by atoms with E-state index in [-0.39, 0.29) is 12.1 Å². The number of carbonyl (C=O) groups is 1. The Labute approximate surface area is 193 Å². The van der Waals surface area contributed by atoms with Crippen LogP contribution in [0.1, 0.15) is 43.4 Å². The van der Waals surface area contributed by atoms with Gasteiger partial charge in [0.2, 0.25) is 0 Å². The number of cyclic esters (lactones) is 1. The normalized spacial score (nSPS) is 19.1. The van der Waals surface area contributed by atoms with Gasteiger partial charge >= 0.3 is 6.09 Å². The second kappa shape index (κ2) is 9.57. The third-order valence-corrected chi connectivity index (χ3v) is 6.35. The van der Waals surface area contributed by atoms with E-state index in [1.165, 1.54) is 12.1 Å². The first-order chi connectivity index (χ1) is 16.0. The lowest BCUT2D eigenvalue weighted by Gasteiger charge is -2.43. The van der Waals surface area contributed by atoms with E-state index in [2.05, 4.69) is 6.58 Å². The first-order valence-corrected chi connectivity index (χ1v) is 11.2. The van der Waals surface area contributed by atoms with Crippen molar-refractivity contribution in [3.8, 4) is 11.1 Å². The monoisotopic (exact) mass is 447 g/mol. The van der Waals surface area contributed by atoms with Gasteiger partial charge in [-0.05, 0) is 35.2 Å². The Balaban J connectivity index is 1.56. The van der Waals surface area contributed by atoms with Crippen molar-refractivity contribution < 1.29 is 18.3 Å². The van der Waals surface area contributed by atoms with E-state index in [4.69, 9.17) is 4.74 Å². The second-order valence-electron chi connectivity index (χ2n) is 8.33. The van der Waals surface area contributed by atoms with Crippen LogP contribution >= 0.6 is 0 Å². The highest BCUT2D eigenvalue weighted by Crippen LogP contribution is 2.40. The van der Waals surface area contributed by atoms with E-state index in [0.717, 1.165) is 17.2 Å². The molecule has 0 radical (unpaired) electrons. The summed E-state index contributed by atoms with van der Waals surface area (Å²) in [6, 6.07) is 20.6. The van der Waals surface area contributed by atoms with Crippen LogP contribution in [0.4, 0.5) is 13.6 Å². The molecule has 3 aromatic rings. The van der Waals surface area contributed by atoms with Crippen molar-refractivity contribution in [2.75, 3.05) is 6.54 Å². The second-order valence-corrected chi connectivity index (χ2v) is 8.33. The van der Waals surface area contributed by atoms with Crippen LogP contribution < -0.4 is 0 Å². The van der Waals surface area contributed by atoms with E-state index < -0.39 is 17.2 Å². The van der Waals surface area contributed by atoms with Gasteiger partial charge in [0.15, 0.2) is 0 Å². The number of rotatable bonds is 7. The van der Waals surface area contributed by atoms with Crippen LogP contribution in [0.3, 0.4) is 0 Å². The summed E-state index contributed by atoms with van der Waals surface area (Å²) in [7, 11) is 0. The number of nitrogens with zero attached hydrogens (tertiary/aromatic N) is 1. The maximum atomic E-state index is 14.2. The maximum Gasteiger partial charge on any atom is 0.411 e. The van der Waals surface area contributed by atoms with Gasteiger partial charge in [-0.15, -0.1) is 6.58 Å². The standard InChI is InChI=1S/C28H27F2NO2/c1-3-16-28(22-8-6-5-7-9-22)17-18-31(27(32)33-28)26(4-2)21-12-10-20(11-13-21)24-15-14-23(29)19-25(24)30/h3,5-15,19,26H,1,4,16-18H2,2H3/t26-,28?/m0/s1. The largest absolute Gasteiger partial charge is 0.437 e. The molecule has 33 heavy (non-hydrogen) atoms. The molecule has 170 valence electrons. The van der Waals surface area contributed by atoms with E-state index >= 15 is 0 Å². The molecule has 1 aliphatic rings. The summed E-state index contributed by atoms with van der Waals surface area (Å²) in [6.07, 6.45) is 3.35. The molecule has 3 aromatic carbocycles. The fraction of sp³-hybridized carbons (Fsp3) is 0.250. The Morgan fingerprint density at radius 3 is 2.42 bits per heavy atom. The van der Waals surface area contributed by atoms with Gasteiger partial charge in [0, 0.05) is 31.0 Å². The lowest BCUT2D eigenvalue weighted by Crippen LogP contribution is -2.49. The smallest absolute Gasteiger partial charge is 0.411 e. The molecule has 1 unspecified atom stereocenters. The first-order valence-electron chi connectivity index (χ1n) is 11.2. The Bertz CT molecular complexity index is 1130. The quantitative estimate of drug-likeness (QED) is 0.353. The molecule has 0 spiro atoms. The van der Waals surface area contributed by atoms with E-state index in [0.29, 0.717) is 36.9 Å². The Hall–Kier alpha value is -3.47. The fourth-order valence-electron chi connectivity index (χ4n) is 4.64. The molecular formula is C28H27F2NO2. The maximum absolute atomic E-state index is 14.2. The van der Waals surface area contributed by atoms with E-state index in [9.17, 15) is 13.6 Å². The molecule has 0 saturated carbocycles. The average molecular weight is 448 g/mol. The van der Waals surface area contributed by atoms with Crippen LogP contribution in [0.5, 0.6) is 0 Å². The molecule has 1 aliphatic heterocycles. The predicted octanol–water partition coefficient (Wildman–Crippen LogP) is 7.40. The highest BCUT2D eigenvalue weighted by atomic mass is 19.1. The van der Waals surface area contributed by atoms with Crippen LogP contribution in [0.2, 0.25) is 0 Å². The number of benzene rings is 3. The zero-order chi connectivity index (χ0) is 23.4. The predicted molar refractivity (Wildman–Crippen MR) is 126 cm³/mol. The van der Waals surface area contributed by atoms with Crippen molar-refractivity contribution in [1.82, 2.24) is 4.90 Å². The number of hydrogen-bond donors (Lipinski definition) is 0. The minimum Gasteiger partial charge on any atom is -0.437 e. The summed E-state index contributed by atoms with van der Waals surface area (Å²) >= 11 is 0. The molecule has 4 rings (SSSR count).